The summed E-state index contributed by atoms with van der Waals surface area (Å²) in [7, 11) is 3.41. The Balaban J connectivity index is 2.30. The van der Waals surface area contributed by atoms with E-state index in [2.05, 4.69) is 0 Å². The molecule has 1 saturated carbocycles. The zero-order valence-electron chi connectivity index (χ0n) is 7.43. The summed E-state index contributed by atoms with van der Waals surface area (Å²) in [5.74, 6) is 1.43. The Morgan fingerprint density at radius 1 is 1.00 bits per heavy atom. The fourth-order valence-corrected chi connectivity index (χ4v) is 1.67. The summed E-state index contributed by atoms with van der Waals surface area (Å²) >= 11 is 0. The van der Waals surface area contributed by atoms with Crippen molar-refractivity contribution >= 4 is 0 Å². The molecule has 0 saturated heterocycles. The molecule has 0 aromatic rings. The van der Waals surface area contributed by atoms with Crippen LogP contribution in [0.2, 0.25) is 0 Å². The molecule has 1 fully saturated rings. The third-order valence-electron chi connectivity index (χ3n) is 2.26. The van der Waals surface area contributed by atoms with E-state index in [1.807, 2.05) is 0 Å². The molecular formula is C9H17O2. The summed E-state index contributed by atoms with van der Waals surface area (Å²) < 4.78 is 10.4. The Kier molecular flexibility index (Phi) is 3.87. The molecule has 1 aliphatic carbocycles. The molecule has 2 heteroatoms. The number of hydrogen-bond donors (Lipinski definition) is 0. The summed E-state index contributed by atoms with van der Waals surface area (Å²) in [6.45, 7) is 0. The molecule has 65 valence electrons. The van der Waals surface area contributed by atoms with Crippen molar-refractivity contribution in [3.63, 3.8) is 0 Å². The highest BCUT2D eigenvalue weighted by atomic mass is 16.7. The Labute approximate surface area is 68.9 Å². The largest absolute Gasteiger partial charge is 0.355 e. The first-order valence-corrected chi connectivity index (χ1v) is 4.28. The van der Waals surface area contributed by atoms with E-state index in [-0.39, 0.29) is 6.29 Å². The van der Waals surface area contributed by atoms with Crippen molar-refractivity contribution in [2.75, 3.05) is 14.2 Å². The number of methoxy groups -OCH3 is 2. The van der Waals surface area contributed by atoms with E-state index in [0.29, 0.717) is 0 Å². The fraction of sp³-hybridized carbons (Fsp3) is 0.889. The van der Waals surface area contributed by atoms with Gasteiger partial charge >= 0.3 is 0 Å². The molecule has 1 aliphatic rings. The topological polar surface area (TPSA) is 18.5 Å². The number of ether oxygens (including phenoxy) is 2. The van der Waals surface area contributed by atoms with E-state index < -0.39 is 0 Å². The normalized spacial score (nSPS) is 21.0. The summed E-state index contributed by atoms with van der Waals surface area (Å²) in [5.41, 5.74) is 0. The second kappa shape index (κ2) is 4.73. The van der Waals surface area contributed by atoms with Crippen LogP contribution in [0.1, 0.15) is 32.1 Å². The lowest BCUT2D eigenvalue weighted by atomic mass is 9.89. The van der Waals surface area contributed by atoms with Crippen molar-refractivity contribution in [1.82, 2.24) is 0 Å². The maximum Gasteiger partial charge on any atom is 0.163 e. The lowest BCUT2D eigenvalue weighted by molar-refractivity contribution is -0.0963. The van der Waals surface area contributed by atoms with Crippen LogP contribution in [-0.2, 0) is 9.47 Å². The minimum Gasteiger partial charge on any atom is -0.355 e. The van der Waals surface area contributed by atoms with E-state index in [1.54, 1.807) is 14.2 Å². The highest BCUT2D eigenvalue weighted by Gasteiger charge is 2.23. The molecule has 0 amide bonds. The number of rotatable bonds is 3. The summed E-state index contributed by atoms with van der Waals surface area (Å²) in [4.78, 5) is 0. The Hall–Kier alpha value is -0.0800. The van der Waals surface area contributed by atoms with Crippen LogP contribution in [0.15, 0.2) is 0 Å². The van der Waals surface area contributed by atoms with Crippen LogP contribution < -0.4 is 0 Å². The van der Waals surface area contributed by atoms with E-state index in [1.165, 1.54) is 38.0 Å². The van der Waals surface area contributed by atoms with Crippen LogP contribution in [0.5, 0.6) is 0 Å². The van der Waals surface area contributed by atoms with Crippen molar-refractivity contribution in [2.24, 2.45) is 0 Å². The molecular weight excluding hydrogens is 140 g/mol. The van der Waals surface area contributed by atoms with Crippen LogP contribution >= 0.6 is 0 Å². The highest BCUT2D eigenvalue weighted by molar-refractivity contribution is 4.95. The molecule has 0 spiro atoms. The quantitative estimate of drug-likeness (QED) is 0.584. The zero-order chi connectivity index (χ0) is 8.10. The van der Waals surface area contributed by atoms with Gasteiger partial charge in [-0.1, -0.05) is 19.3 Å². The van der Waals surface area contributed by atoms with Gasteiger partial charge in [0.25, 0.3) is 0 Å². The smallest absolute Gasteiger partial charge is 0.163 e. The Bertz CT molecular complexity index is 93.7. The van der Waals surface area contributed by atoms with Gasteiger partial charge in [-0.25, -0.2) is 0 Å². The third-order valence-corrected chi connectivity index (χ3v) is 2.26. The first kappa shape index (κ1) is 9.01. The SMILES string of the molecule is COC(OC)[C]1CCCCC1. The van der Waals surface area contributed by atoms with Gasteiger partial charge < -0.3 is 9.47 Å². The van der Waals surface area contributed by atoms with Gasteiger partial charge in [0.15, 0.2) is 6.29 Å². The van der Waals surface area contributed by atoms with Crippen molar-refractivity contribution in [3.05, 3.63) is 5.92 Å². The Morgan fingerprint density at radius 3 is 2.00 bits per heavy atom. The van der Waals surface area contributed by atoms with Gasteiger partial charge in [0, 0.05) is 20.1 Å². The molecule has 2 nitrogen and oxygen atoms in total. The first-order chi connectivity index (χ1) is 5.38. The predicted molar refractivity (Wildman–Crippen MR) is 44.1 cm³/mol. The van der Waals surface area contributed by atoms with Crippen LogP contribution in [-0.4, -0.2) is 20.5 Å². The minimum absolute atomic E-state index is 0.0460. The zero-order valence-corrected chi connectivity index (χ0v) is 7.43. The molecule has 0 unspecified atom stereocenters. The lowest BCUT2D eigenvalue weighted by Gasteiger charge is -2.27. The van der Waals surface area contributed by atoms with Gasteiger partial charge in [0.1, 0.15) is 0 Å². The molecule has 0 aliphatic heterocycles. The molecule has 0 bridgehead atoms. The third kappa shape index (κ3) is 2.46. The van der Waals surface area contributed by atoms with E-state index in [9.17, 15) is 0 Å². The van der Waals surface area contributed by atoms with Crippen LogP contribution in [0.25, 0.3) is 0 Å². The molecule has 1 radical (unpaired) electrons. The summed E-state index contributed by atoms with van der Waals surface area (Å²) in [6, 6.07) is 0. The predicted octanol–water partition coefficient (Wildman–Crippen LogP) is 2.14. The van der Waals surface area contributed by atoms with Gasteiger partial charge in [-0.2, -0.15) is 0 Å². The van der Waals surface area contributed by atoms with E-state index in [0.717, 1.165) is 0 Å². The molecule has 0 aromatic carbocycles. The molecule has 0 atom stereocenters. The average molecular weight is 157 g/mol. The van der Waals surface area contributed by atoms with Crippen molar-refractivity contribution in [3.8, 4) is 0 Å². The molecule has 0 N–H and O–H groups in total. The Morgan fingerprint density at radius 2 is 1.55 bits per heavy atom. The summed E-state index contributed by atoms with van der Waals surface area (Å²) in [5, 5.41) is 0. The highest BCUT2D eigenvalue weighted by Crippen LogP contribution is 2.29. The van der Waals surface area contributed by atoms with Gasteiger partial charge in [0.2, 0.25) is 0 Å². The van der Waals surface area contributed by atoms with Crippen molar-refractivity contribution in [2.45, 2.75) is 38.4 Å². The van der Waals surface area contributed by atoms with Crippen molar-refractivity contribution in [1.29, 1.82) is 0 Å². The van der Waals surface area contributed by atoms with Crippen LogP contribution in [0.4, 0.5) is 0 Å². The molecule has 1 rings (SSSR count). The standard InChI is InChI=1S/C9H17O2/c1-10-9(11-2)8-6-4-3-5-7-8/h9H,3-7H2,1-2H3. The van der Waals surface area contributed by atoms with E-state index >= 15 is 0 Å². The molecule has 11 heavy (non-hydrogen) atoms. The first-order valence-electron chi connectivity index (χ1n) is 4.28. The summed E-state index contributed by atoms with van der Waals surface area (Å²) in [6.07, 6.45) is 6.30. The van der Waals surface area contributed by atoms with Crippen LogP contribution in [0, 0.1) is 5.92 Å². The van der Waals surface area contributed by atoms with E-state index in [4.69, 9.17) is 9.47 Å². The van der Waals surface area contributed by atoms with Gasteiger partial charge in [-0.05, 0) is 12.8 Å². The fourth-order valence-electron chi connectivity index (χ4n) is 1.67. The molecule has 0 heterocycles. The van der Waals surface area contributed by atoms with Gasteiger partial charge in [-0.3, -0.25) is 0 Å². The van der Waals surface area contributed by atoms with Crippen molar-refractivity contribution < 1.29 is 9.47 Å². The van der Waals surface area contributed by atoms with Gasteiger partial charge in [0.05, 0.1) is 0 Å². The van der Waals surface area contributed by atoms with Gasteiger partial charge in [-0.15, -0.1) is 0 Å². The van der Waals surface area contributed by atoms with Crippen LogP contribution in [0.3, 0.4) is 0 Å². The monoisotopic (exact) mass is 157 g/mol. The average Bonchev–Trinajstić information content (AvgIpc) is 2.09. The maximum atomic E-state index is 5.18. The minimum atomic E-state index is -0.0460. The maximum absolute atomic E-state index is 5.18. The number of hydrogen-bond acceptors (Lipinski definition) is 2. The second-order valence-corrected chi connectivity index (χ2v) is 3.02. The molecule has 0 aromatic heterocycles. The lowest BCUT2D eigenvalue weighted by Crippen LogP contribution is -2.24. The second-order valence-electron chi connectivity index (χ2n) is 3.02.